The van der Waals surface area contributed by atoms with E-state index in [4.69, 9.17) is 4.74 Å². The molecule has 0 aromatic heterocycles. The summed E-state index contributed by atoms with van der Waals surface area (Å²) in [6.45, 7) is 7.69. The van der Waals surface area contributed by atoms with Crippen molar-refractivity contribution in [2.75, 3.05) is 13.1 Å². The lowest BCUT2D eigenvalue weighted by atomic mass is 10.1. The smallest absolute Gasteiger partial charge is 0.306 e. The van der Waals surface area contributed by atoms with Crippen LogP contribution in [0.15, 0.2) is 0 Å². The van der Waals surface area contributed by atoms with Crippen molar-refractivity contribution in [1.29, 1.82) is 0 Å². The quantitative estimate of drug-likeness (QED) is 0.659. The average molecular weight is 185 g/mol. The van der Waals surface area contributed by atoms with Gasteiger partial charge >= 0.3 is 5.97 Å². The minimum absolute atomic E-state index is 0.0683. The topological polar surface area (TPSA) is 38.3 Å². The second kappa shape index (κ2) is 4.09. The van der Waals surface area contributed by atoms with Crippen molar-refractivity contribution in [2.24, 2.45) is 5.92 Å². The molecule has 0 aromatic carbocycles. The van der Waals surface area contributed by atoms with E-state index in [1.54, 1.807) is 0 Å². The molecule has 76 valence electrons. The van der Waals surface area contributed by atoms with Crippen molar-refractivity contribution < 1.29 is 9.53 Å². The van der Waals surface area contributed by atoms with E-state index in [0.29, 0.717) is 12.3 Å². The fourth-order valence-electron chi connectivity index (χ4n) is 1.51. The molecular formula is C10H19NO2. The second-order valence-corrected chi connectivity index (χ2v) is 4.65. The lowest BCUT2D eigenvalue weighted by Crippen LogP contribution is -2.25. The minimum atomic E-state index is -0.344. The van der Waals surface area contributed by atoms with Crippen LogP contribution in [0.4, 0.5) is 0 Å². The van der Waals surface area contributed by atoms with E-state index in [1.807, 2.05) is 20.8 Å². The molecule has 13 heavy (non-hydrogen) atoms. The summed E-state index contributed by atoms with van der Waals surface area (Å²) in [6, 6.07) is 0. The highest BCUT2D eigenvalue weighted by molar-refractivity contribution is 5.70. The van der Waals surface area contributed by atoms with Crippen molar-refractivity contribution in [3.05, 3.63) is 0 Å². The van der Waals surface area contributed by atoms with Crippen LogP contribution in [0.3, 0.4) is 0 Å². The van der Waals surface area contributed by atoms with Gasteiger partial charge in [-0.1, -0.05) is 0 Å². The molecule has 1 saturated heterocycles. The molecule has 0 spiro atoms. The number of carbonyl (C=O) groups excluding carboxylic acids is 1. The van der Waals surface area contributed by atoms with Gasteiger partial charge in [-0.3, -0.25) is 4.79 Å². The van der Waals surface area contributed by atoms with E-state index in [9.17, 15) is 4.79 Å². The lowest BCUT2D eigenvalue weighted by Gasteiger charge is -2.20. The van der Waals surface area contributed by atoms with Crippen LogP contribution in [0.25, 0.3) is 0 Å². The van der Waals surface area contributed by atoms with Gasteiger partial charge in [-0.2, -0.15) is 0 Å². The van der Waals surface area contributed by atoms with Crippen molar-refractivity contribution in [2.45, 2.75) is 39.2 Å². The SMILES string of the molecule is CC(C)(C)OC(=O)C[C@@H]1CCNC1. The largest absolute Gasteiger partial charge is 0.460 e. The van der Waals surface area contributed by atoms with Gasteiger partial charge < -0.3 is 10.1 Å². The number of hydrogen-bond donors (Lipinski definition) is 1. The summed E-state index contributed by atoms with van der Waals surface area (Å²) in [5.74, 6) is 0.413. The number of esters is 1. The Balaban J connectivity index is 2.24. The molecule has 1 N–H and O–H groups in total. The summed E-state index contributed by atoms with van der Waals surface area (Å²) in [4.78, 5) is 11.4. The van der Waals surface area contributed by atoms with E-state index < -0.39 is 0 Å². The van der Waals surface area contributed by atoms with Crippen LogP contribution in [-0.4, -0.2) is 24.7 Å². The van der Waals surface area contributed by atoms with Crippen molar-refractivity contribution in [3.63, 3.8) is 0 Å². The molecule has 0 saturated carbocycles. The van der Waals surface area contributed by atoms with Crippen LogP contribution in [0.1, 0.15) is 33.6 Å². The first-order valence-corrected chi connectivity index (χ1v) is 4.90. The monoisotopic (exact) mass is 185 g/mol. The molecule has 3 nitrogen and oxygen atoms in total. The van der Waals surface area contributed by atoms with Gasteiger partial charge in [-0.05, 0) is 46.2 Å². The zero-order chi connectivity index (χ0) is 9.90. The number of rotatable bonds is 2. The lowest BCUT2D eigenvalue weighted by molar-refractivity contribution is -0.155. The van der Waals surface area contributed by atoms with Gasteiger partial charge in [0.05, 0.1) is 0 Å². The predicted molar refractivity (Wildman–Crippen MR) is 51.4 cm³/mol. The van der Waals surface area contributed by atoms with Crippen LogP contribution in [0, 0.1) is 5.92 Å². The molecule has 0 aliphatic carbocycles. The summed E-state index contributed by atoms with van der Waals surface area (Å²) >= 11 is 0. The highest BCUT2D eigenvalue weighted by Gasteiger charge is 2.22. The number of ether oxygens (including phenoxy) is 1. The summed E-state index contributed by atoms with van der Waals surface area (Å²) in [6.07, 6.45) is 1.66. The van der Waals surface area contributed by atoms with Crippen LogP contribution >= 0.6 is 0 Å². The average Bonchev–Trinajstić information content (AvgIpc) is 2.34. The third kappa shape index (κ3) is 4.27. The normalized spacial score (nSPS) is 23.2. The Kier molecular flexibility index (Phi) is 3.31. The van der Waals surface area contributed by atoms with Gasteiger partial charge in [0.15, 0.2) is 0 Å². The Hall–Kier alpha value is -0.570. The molecule has 1 rings (SSSR count). The Labute approximate surface area is 79.8 Å². The highest BCUT2D eigenvalue weighted by atomic mass is 16.6. The zero-order valence-corrected chi connectivity index (χ0v) is 8.72. The van der Waals surface area contributed by atoms with Crippen molar-refractivity contribution in [1.82, 2.24) is 5.32 Å². The molecule has 1 aliphatic rings. The number of hydrogen-bond acceptors (Lipinski definition) is 3. The molecule has 1 heterocycles. The molecule has 0 unspecified atom stereocenters. The molecule has 1 aliphatic heterocycles. The van der Waals surface area contributed by atoms with Gasteiger partial charge in [0.1, 0.15) is 5.60 Å². The predicted octanol–water partition coefficient (Wildman–Crippen LogP) is 1.33. The first kappa shape index (κ1) is 10.5. The number of nitrogens with one attached hydrogen (secondary N) is 1. The third-order valence-corrected chi connectivity index (χ3v) is 2.04. The van der Waals surface area contributed by atoms with E-state index in [2.05, 4.69) is 5.32 Å². The second-order valence-electron chi connectivity index (χ2n) is 4.65. The van der Waals surface area contributed by atoms with Crippen LogP contribution in [0.2, 0.25) is 0 Å². The fourth-order valence-corrected chi connectivity index (χ4v) is 1.51. The molecule has 1 fully saturated rings. The van der Waals surface area contributed by atoms with Crippen LogP contribution in [0.5, 0.6) is 0 Å². The zero-order valence-electron chi connectivity index (χ0n) is 8.72. The van der Waals surface area contributed by atoms with E-state index in [1.165, 1.54) is 0 Å². The number of carbonyl (C=O) groups is 1. The highest BCUT2D eigenvalue weighted by Crippen LogP contribution is 2.15. The molecule has 0 amide bonds. The van der Waals surface area contributed by atoms with E-state index in [0.717, 1.165) is 19.5 Å². The fraction of sp³-hybridized carbons (Fsp3) is 0.900. The first-order valence-electron chi connectivity index (χ1n) is 4.90. The Morgan fingerprint density at radius 1 is 1.54 bits per heavy atom. The Bertz CT molecular complexity index is 178. The van der Waals surface area contributed by atoms with Gasteiger partial charge in [-0.15, -0.1) is 0 Å². The van der Waals surface area contributed by atoms with Gasteiger partial charge in [0.2, 0.25) is 0 Å². The first-order chi connectivity index (χ1) is 5.97. The van der Waals surface area contributed by atoms with E-state index >= 15 is 0 Å². The molecule has 1 atom stereocenters. The maximum atomic E-state index is 11.4. The van der Waals surface area contributed by atoms with Gasteiger partial charge in [0, 0.05) is 6.42 Å². The van der Waals surface area contributed by atoms with Crippen molar-refractivity contribution >= 4 is 5.97 Å². The minimum Gasteiger partial charge on any atom is -0.460 e. The summed E-state index contributed by atoms with van der Waals surface area (Å²) in [7, 11) is 0. The van der Waals surface area contributed by atoms with Gasteiger partial charge in [-0.25, -0.2) is 0 Å². The van der Waals surface area contributed by atoms with E-state index in [-0.39, 0.29) is 11.6 Å². The molecule has 0 radical (unpaired) electrons. The van der Waals surface area contributed by atoms with Gasteiger partial charge in [0.25, 0.3) is 0 Å². The molecular weight excluding hydrogens is 166 g/mol. The Morgan fingerprint density at radius 3 is 2.69 bits per heavy atom. The van der Waals surface area contributed by atoms with Crippen LogP contribution < -0.4 is 5.32 Å². The summed E-state index contributed by atoms with van der Waals surface area (Å²) < 4.78 is 5.23. The van der Waals surface area contributed by atoms with Crippen LogP contribution in [-0.2, 0) is 9.53 Å². The van der Waals surface area contributed by atoms with Crippen molar-refractivity contribution in [3.8, 4) is 0 Å². The summed E-state index contributed by atoms with van der Waals surface area (Å²) in [5.41, 5.74) is -0.344. The Morgan fingerprint density at radius 2 is 2.23 bits per heavy atom. The molecule has 0 aromatic rings. The maximum Gasteiger partial charge on any atom is 0.306 e. The molecule has 0 bridgehead atoms. The third-order valence-electron chi connectivity index (χ3n) is 2.04. The molecule has 3 heteroatoms. The standard InChI is InChI=1S/C10H19NO2/c1-10(2,3)13-9(12)6-8-4-5-11-7-8/h8,11H,4-7H2,1-3H3/t8-/m0/s1. The summed E-state index contributed by atoms with van der Waals surface area (Å²) in [5, 5.41) is 3.23. The maximum absolute atomic E-state index is 11.4.